The number of benzene rings is 1. The summed E-state index contributed by atoms with van der Waals surface area (Å²) >= 11 is 3.30. The Kier molecular flexibility index (Phi) is 5.28. The Hall–Kier alpha value is -0.950. The van der Waals surface area contributed by atoms with E-state index in [0.717, 1.165) is 5.69 Å². The van der Waals surface area contributed by atoms with Crippen LogP contribution in [0.5, 0.6) is 0 Å². The van der Waals surface area contributed by atoms with E-state index in [-0.39, 0.29) is 11.7 Å². The smallest absolute Gasteiger partial charge is 0.273 e. The molecule has 0 amide bonds. The summed E-state index contributed by atoms with van der Waals surface area (Å²) in [5.74, 6) is 0.530. The third-order valence-electron chi connectivity index (χ3n) is 2.37. The van der Waals surface area contributed by atoms with E-state index in [2.05, 4.69) is 21.2 Å². The predicted molar refractivity (Wildman–Crippen MR) is 77.6 cm³/mol. The molecule has 7 heteroatoms. The van der Waals surface area contributed by atoms with E-state index in [4.69, 9.17) is 0 Å². The highest BCUT2D eigenvalue weighted by atomic mass is 79.9. The number of hydrogen-bond donors (Lipinski definition) is 1. The molecule has 0 aliphatic rings. The van der Waals surface area contributed by atoms with E-state index in [1.165, 1.54) is 6.07 Å². The van der Waals surface area contributed by atoms with Gasteiger partial charge in [-0.3, -0.25) is 14.3 Å². The summed E-state index contributed by atoms with van der Waals surface area (Å²) in [5, 5.41) is 14.0. The number of rotatable bonds is 5. The van der Waals surface area contributed by atoms with E-state index in [1.54, 1.807) is 19.2 Å². The van der Waals surface area contributed by atoms with E-state index in [9.17, 15) is 14.3 Å². The monoisotopic (exact) mass is 334 g/mol. The van der Waals surface area contributed by atoms with Gasteiger partial charge in [0, 0.05) is 50.6 Å². The van der Waals surface area contributed by atoms with Gasteiger partial charge in [-0.2, -0.15) is 0 Å². The minimum absolute atomic E-state index is 0.0352. The molecule has 0 bridgehead atoms. The number of nitrogens with zero attached hydrogens (tertiary/aromatic N) is 1. The Bertz CT molecular complexity index is 493. The van der Waals surface area contributed by atoms with Crippen molar-refractivity contribution in [1.29, 1.82) is 0 Å². The largest absolute Gasteiger partial charge is 0.381 e. The van der Waals surface area contributed by atoms with Crippen LogP contribution in [0.3, 0.4) is 0 Å². The summed E-state index contributed by atoms with van der Waals surface area (Å²) in [5.41, 5.74) is 1.45. The molecule has 0 radical (unpaired) electrons. The highest BCUT2D eigenvalue weighted by molar-refractivity contribution is 9.10. The second-order valence-electron chi connectivity index (χ2n) is 4.16. The van der Waals surface area contributed by atoms with Crippen LogP contribution in [0, 0.1) is 17.0 Å². The first-order chi connectivity index (χ1) is 8.31. The molecule has 5 nitrogen and oxygen atoms in total. The minimum Gasteiger partial charge on any atom is -0.381 e. The van der Waals surface area contributed by atoms with Crippen LogP contribution in [0.25, 0.3) is 0 Å². The van der Waals surface area contributed by atoms with Crippen LogP contribution < -0.4 is 5.32 Å². The molecule has 0 spiro atoms. The van der Waals surface area contributed by atoms with Crippen LogP contribution in [0.2, 0.25) is 0 Å². The molecule has 18 heavy (non-hydrogen) atoms. The van der Waals surface area contributed by atoms with Crippen LogP contribution in [-0.4, -0.2) is 27.2 Å². The summed E-state index contributed by atoms with van der Waals surface area (Å²) in [6.07, 6.45) is 1.65. The molecular weight excluding hydrogens is 320 g/mol. The number of nitrogens with one attached hydrogen (secondary N) is 1. The number of aryl methyl sites for hydroxylation is 1. The lowest BCUT2D eigenvalue weighted by Gasteiger charge is -2.15. The van der Waals surface area contributed by atoms with Gasteiger partial charge in [-0.15, -0.1) is 0 Å². The quantitative estimate of drug-likeness (QED) is 0.663. The zero-order valence-corrected chi connectivity index (χ0v) is 12.8. The fraction of sp³-hybridized carbons (Fsp3) is 0.455. The summed E-state index contributed by atoms with van der Waals surface area (Å²) in [6, 6.07) is 3.23. The van der Waals surface area contributed by atoms with Crippen LogP contribution in [0.4, 0.5) is 11.4 Å². The molecule has 0 aliphatic carbocycles. The van der Waals surface area contributed by atoms with Crippen molar-refractivity contribution < 1.29 is 9.13 Å². The number of nitro groups is 1. The SMILES string of the molecule is Cc1cc(N[C@H](C)C[S@](C)=O)c(Br)cc1[N+](=O)[O-]. The van der Waals surface area contributed by atoms with E-state index >= 15 is 0 Å². The maximum Gasteiger partial charge on any atom is 0.273 e. The fourth-order valence-corrected chi connectivity index (χ4v) is 2.87. The third kappa shape index (κ3) is 4.06. The van der Waals surface area contributed by atoms with Gasteiger partial charge in [-0.25, -0.2) is 0 Å². The molecular formula is C11H15BrN2O3S. The molecule has 0 heterocycles. The Balaban J connectivity index is 2.94. The summed E-state index contributed by atoms with van der Waals surface area (Å²) in [7, 11) is -0.879. The third-order valence-corrected chi connectivity index (χ3v) is 3.99. The fourth-order valence-electron chi connectivity index (χ4n) is 1.64. The maximum absolute atomic E-state index is 11.1. The molecule has 0 fully saturated rings. The van der Waals surface area contributed by atoms with Crippen molar-refractivity contribution in [3.63, 3.8) is 0 Å². The van der Waals surface area contributed by atoms with Crippen molar-refractivity contribution in [3.8, 4) is 0 Å². The molecule has 1 aromatic carbocycles. The van der Waals surface area contributed by atoms with Gasteiger partial charge >= 0.3 is 0 Å². The molecule has 0 aliphatic heterocycles. The van der Waals surface area contributed by atoms with Crippen molar-refractivity contribution >= 4 is 38.1 Å². The topological polar surface area (TPSA) is 72.2 Å². The van der Waals surface area contributed by atoms with E-state index in [0.29, 0.717) is 15.8 Å². The molecule has 0 aromatic heterocycles. The Labute approximate surface area is 117 Å². The Morgan fingerprint density at radius 2 is 2.17 bits per heavy atom. The molecule has 100 valence electrons. The highest BCUT2D eigenvalue weighted by Crippen LogP contribution is 2.30. The lowest BCUT2D eigenvalue weighted by Crippen LogP contribution is -2.22. The van der Waals surface area contributed by atoms with E-state index < -0.39 is 15.7 Å². The zero-order chi connectivity index (χ0) is 13.9. The number of hydrogen-bond acceptors (Lipinski definition) is 4. The molecule has 0 saturated heterocycles. The Morgan fingerprint density at radius 1 is 1.56 bits per heavy atom. The number of halogens is 1. The van der Waals surface area contributed by atoms with Crippen molar-refractivity contribution in [2.75, 3.05) is 17.3 Å². The van der Waals surface area contributed by atoms with Crippen LogP contribution >= 0.6 is 15.9 Å². The van der Waals surface area contributed by atoms with Gasteiger partial charge in [0.25, 0.3) is 5.69 Å². The normalized spacial score (nSPS) is 14.0. The molecule has 0 unspecified atom stereocenters. The maximum atomic E-state index is 11.1. The first kappa shape index (κ1) is 15.1. The first-order valence-electron chi connectivity index (χ1n) is 5.32. The average Bonchev–Trinajstić information content (AvgIpc) is 2.21. The number of nitro benzene ring substituents is 1. The Morgan fingerprint density at radius 3 is 2.67 bits per heavy atom. The van der Waals surface area contributed by atoms with Crippen LogP contribution in [-0.2, 0) is 10.8 Å². The van der Waals surface area contributed by atoms with E-state index in [1.807, 2.05) is 6.92 Å². The van der Waals surface area contributed by atoms with Gasteiger partial charge in [0.05, 0.1) is 4.92 Å². The van der Waals surface area contributed by atoms with Gasteiger partial charge in [0.2, 0.25) is 0 Å². The average molecular weight is 335 g/mol. The van der Waals surface area contributed by atoms with Crippen LogP contribution in [0.1, 0.15) is 12.5 Å². The molecule has 2 atom stereocenters. The van der Waals surface area contributed by atoms with Gasteiger partial charge in [-0.1, -0.05) is 0 Å². The first-order valence-corrected chi connectivity index (χ1v) is 7.84. The highest BCUT2D eigenvalue weighted by Gasteiger charge is 2.15. The second kappa shape index (κ2) is 6.29. The zero-order valence-electron chi connectivity index (χ0n) is 10.4. The molecule has 1 aromatic rings. The van der Waals surface area contributed by atoms with Crippen molar-refractivity contribution in [3.05, 3.63) is 32.3 Å². The molecule has 1 rings (SSSR count). The summed E-state index contributed by atoms with van der Waals surface area (Å²) in [4.78, 5) is 10.4. The summed E-state index contributed by atoms with van der Waals surface area (Å²) in [6.45, 7) is 3.61. The lowest BCUT2D eigenvalue weighted by atomic mass is 10.1. The van der Waals surface area contributed by atoms with Crippen molar-refractivity contribution in [1.82, 2.24) is 0 Å². The van der Waals surface area contributed by atoms with Gasteiger partial charge in [0.15, 0.2) is 0 Å². The summed E-state index contributed by atoms with van der Waals surface area (Å²) < 4.78 is 11.7. The van der Waals surface area contributed by atoms with Gasteiger partial charge < -0.3 is 5.32 Å². The van der Waals surface area contributed by atoms with Crippen molar-refractivity contribution in [2.24, 2.45) is 0 Å². The van der Waals surface area contributed by atoms with Crippen LogP contribution in [0.15, 0.2) is 16.6 Å². The lowest BCUT2D eigenvalue weighted by molar-refractivity contribution is -0.385. The van der Waals surface area contributed by atoms with Crippen molar-refractivity contribution in [2.45, 2.75) is 19.9 Å². The second-order valence-corrected chi connectivity index (χ2v) is 6.49. The number of anilines is 1. The molecule has 1 N–H and O–H groups in total. The standard InChI is InChI=1S/C11H15BrN2O3S/c1-7-4-10(13-8(2)6-18(3)17)9(12)5-11(7)14(15)16/h4-5,8,13H,6H2,1-3H3/t8-,18+/m1/s1. The van der Waals surface area contributed by atoms with Gasteiger partial charge in [0.1, 0.15) is 0 Å². The van der Waals surface area contributed by atoms with Gasteiger partial charge in [-0.05, 0) is 35.8 Å². The molecule has 0 saturated carbocycles. The minimum atomic E-state index is -0.879. The predicted octanol–water partition coefficient (Wildman–Crippen LogP) is 2.84.